The van der Waals surface area contributed by atoms with Crippen molar-refractivity contribution in [3.05, 3.63) is 42.5 Å². The first kappa shape index (κ1) is 20.3. The van der Waals surface area contributed by atoms with E-state index in [1.165, 1.54) is 23.1 Å². The molecule has 0 aliphatic carbocycles. The van der Waals surface area contributed by atoms with Gasteiger partial charge in [-0.05, 0) is 38.2 Å². The predicted octanol–water partition coefficient (Wildman–Crippen LogP) is 1.69. The molecule has 0 aromatic heterocycles. The van der Waals surface area contributed by atoms with E-state index < -0.39 is 10.1 Å². The highest BCUT2D eigenvalue weighted by Gasteiger charge is 2.18. The molecule has 1 rings (SSSR count). The number of hydrogen-bond donors (Lipinski definition) is 2. The third kappa shape index (κ3) is 6.84. The summed E-state index contributed by atoms with van der Waals surface area (Å²) in [6.45, 7) is 5.94. The minimum Gasteiger partial charge on any atom is -0.335 e. The molecule has 0 fully saturated rings. The molecule has 1 amide bonds. The molecule has 0 heterocycles. The Morgan fingerprint density at radius 3 is 2.36 bits per heavy atom. The molecule has 0 atom stereocenters. The van der Waals surface area contributed by atoms with Crippen molar-refractivity contribution in [1.82, 2.24) is 10.2 Å². The number of carbonyl (C=O) groups is 1. The highest BCUT2D eigenvalue weighted by Crippen LogP contribution is 2.17. The molecule has 124 valence electrons. The molecule has 0 radical (unpaired) electrons. The van der Waals surface area contributed by atoms with Crippen molar-refractivity contribution in [2.75, 3.05) is 20.6 Å². The first-order chi connectivity index (χ1) is 10.3. The summed E-state index contributed by atoms with van der Waals surface area (Å²) in [5.41, 5.74) is 0.383. The first-order valence-electron chi connectivity index (χ1n) is 6.87. The largest absolute Gasteiger partial charge is 0.335 e. The number of amides is 1. The summed E-state index contributed by atoms with van der Waals surface area (Å²) in [5, 5.41) is 2.75. The van der Waals surface area contributed by atoms with E-state index in [4.69, 9.17) is 4.55 Å². The highest BCUT2D eigenvalue weighted by molar-refractivity contribution is 7.85. The Balaban J connectivity index is 0.00000135. The Kier molecular flexibility index (Phi) is 9.32. The molecule has 2 N–H and O–H groups in total. The third-order valence-corrected chi connectivity index (χ3v) is 3.55. The van der Waals surface area contributed by atoms with Gasteiger partial charge in [0.2, 0.25) is 5.91 Å². The van der Waals surface area contributed by atoms with Crippen LogP contribution in [-0.2, 0) is 21.5 Å². The van der Waals surface area contributed by atoms with Crippen molar-refractivity contribution < 1.29 is 17.8 Å². The minimum absolute atomic E-state index is 0.120. The van der Waals surface area contributed by atoms with Gasteiger partial charge in [-0.3, -0.25) is 9.35 Å². The Bertz CT molecular complexity index is 585. The molecule has 0 bridgehead atoms. The van der Waals surface area contributed by atoms with Crippen LogP contribution in [0.4, 0.5) is 0 Å². The van der Waals surface area contributed by atoms with Crippen LogP contribution >= 0.6 is 0 Å². The van der Waals surface area contributed by atoms with Crippen molar-refractivity contribution in [2.24, 2.45) is 0 Å². The predicted molar refractivity (Wildman–Crippen MR) is 87.1 cm³/mol. The molecule has 0 saturated heterocycles. The third-order valence-electron chi connectivity index (χ3n) is 2.59. The SMILES string of the molecule is C=CC(=O)N(CCC)Cc1ccccc1S(=O)(=O)O.CNC. The number of benzene rings is 1. The van der Waals surface area contributed by atoms with E-state index in [1.807, 2.05) is 21.0 Å². The van der Waals surface area contributed by atoms with Gasteiger partial charge in [0.05, 0.1) is 4.90 Å². The monoisotopic (exact) mass is 328 g/mol. The minimum atomic E-state index is -4.29. The highest BCUT2D eigenvalue weighted by atomic mass is 32.2. The lowest BCUT2D eigenvalue weighted by atomic mass is 10.2. The molecule has 0 spiro atoms. The van der Waals surface area contributed by atoms with Crippen molar-refractivity contribution >= 4 is 16.0 Å². The van der Waals surface area contributed by atoms with E-state index >= 15 is 0 Å². The normalized spacial score (nSPS) is 10.4. The van der Waals surface area contributed by atoms with Crippen LogP contribution in [0.2, 0.25) is 0 Å². The summed E-state index contributed by atoms with van der Waals surface area (Å²) in [4.78, 5) is 13.0. The molecule has 0 aliphatic heterocycles. The number of carbonyl (C=O) groups excluding carboxylic acids is 1. The second-order valence-electron chi connectivity index (χ2n) is 4.55. The molecule has 22 heavy (non-hydrogen) atoms. The maximum absolute atomic E-state index is 11.7. The molecule has 6 nitrogen and oxygen atoms in total. The van der Waals surface area contributed by atoms with Crippen molar-refractivity contribution in [2.45, 2.75) is 24.8 Å². The van der Waals surface area contributed by atoms with Crippen LogP contribution in [0.3, 0.4) is 0 Å². The number of rotatable bonds is 6. The van der Waals surface area contributed by atoms with Crippen molar-refractivity contribution in [1.29, 1.82) is 0 Å². The molecular weight excluding hydrogens is 304 g/mol. The number of nitrogens with zero attached hydrogens (tertiary/aromatic N) is 1. The summed E-state index contributed by atoms with van der Waals surface area (Å²) >= 11 is 0. The molecule has 0 saturated carbocycles. The Hall–Kier alpha value is -1.70. The van der Waals surface area contributed by atoms with E-state index in [-0.39, 0.29) is 17.3 Å². The second kappa shape index (κ2) is 10.1. The maximum Gasteiger partial charge on any atom is 0.294 e. The van der Waals surface area contributed by atoms with Gasteiger partial charge in [0.1, 0.15) is 0 Å². The lowest BCUT2D eigenvalue weighted by molar-refractivity contribution is -0.126. The lowest BCUT2D eigenvalue weighted by Gasteiger charge is -2.21. The fraction of sp³-hybridized carbons (Fsp3) is 0.400. The summed E-state index contributed by atoms with van der Waals surface area (Å²) in [6.07, 6.45) is 1.93. The van der Waals surface area contributed by atoms with Gasteiger partial charge in [0.15, 0.2) is 0 Å². The molecule has 1 aromatic carbocycles. The van der Waals surface area contributed by atoms with Crippen molar-refractivity contribution in [3.63, 3.8) is 0 Å². The van der Waals surface area contributed by atoms with Gasteiger partial charge in [0.25, 0.3) is 10.1 Å². The van der Waals surface area contributed by atoms with Gasteiger partial charge in [-0.2, -0.15) is 8.42 Å². The summed E-state index contributed by atoms with van der Waals surface area (Å²) in [5.74, 6) is -0.271. The zero-order chi connectivity index (χ0) is 17.2. The Morgan fingerprint density at radius 1 is 1.36 bits per heavy atom. The Morgan fingerprint density at radius 2 is 1.91 bits per heavy atom. The van der Waals surface area contributed by atoms with Crippen LogP contribution in [-0.4, -0.2) is 44.4 Å². The fourth-order valence-electron chi connectivity index (χ4n) is 1.76. The average Bonchev–Trinajstić information content (AvgIpc) is 2.46. The van der Waals surface area contributed by atoms with E-state index in [0.29, 0.717) is 12.1 Å². The number of nitrogens with one attached hydrogen (secondary N) is 1. The van der Waals surface area contributed by atoms with E-state index in [9.17, 15) is 13.2 Å². The summed E-state index contributed by atoms with van der Waals surface area (Å²) in [6, 6.07) is 6.06. The Labute approximate surface area is 132 Å². The molecule has 0 aliphatic rings. The molecular formula is C15H24N2O4S. The maximum atomic E-state index is 11.7. The topological polar surface area (TPSA) is 86.7 Å². The molecule has 1 aromatic rings. The zero-order valence-electron chi connectivity index (χ0n) is 13.2. The van der Waals surface area contributed by atoms with Crippen molar-refractivity contribution in [3.8, 4) is 0 Å². The van der Waals surface area contributed by atoms with Crippen LogP contribution < -0.4 is 5.32 Å². The van der Waals surface area contributed by atoms with Crippen LogP contribution in [0, 0.1) is 0 Å². The van der Waals surface area contributed by atoms with Gasteiger partial charge in [-0.15, -0.1) is 0 Å². The first-order valence-corrected chi connectivity index (χ1v) is 8.31. The fourth-order valence-corrected chi connectivity index (χ4v) is 2.47. The quantitative estimate of drug-likeness (QED) is 0.613. The molecule has 7 heteroatoms. The van der Waals surface area contributed by atoms with Gasteiger partial charge < -0.3 is 10.2 Å². The van der Waals surface area contributed by atoms with E-state index in [1.54, 1.807) is 12.1 Å². The van der Waals surface area contributed by atoms with E-state index in [0.717, 1.165) is 6.42 Å². The van der Waals surface area contributed by atoms with Crippen LogP contribution in [0.1, 0.15) is 18.9 Å². The molecule has 0 unspecified atom stereocenters. The van der Waals surface area contributed by atoms with Crippen LogP contribution in [0.5, 0.6) is 0 Å². The standard InChI is InChI=1S/C13H17NO4S.C2H7N/c1-3-9-14(13(15)4-2)10-11-7-5-6-8-12(11)19(16,17)18;1-3-2/h4-8H,2-3,9-10H2,1H3,(H,16,17,18);3H,1-2H3. The van der Waals surface area contributed by atoms with Gasteiger partial charge >= 0.3 is 0 Å². The van der Waals surface area contributed by atoms with Gasteiger partial charge in [0, 0.05) is 13.1 Å². The second-order valence-corrected chi connectivity index (χ2v) is 5.94. The van der Waals surface area contributed by atoms with Crippen LogP contribution in [0.25, 0.3) is 0 Å². The zero-order valence-corrected chi connectivity index (χ0v) is 14.1. The summed E-state index contributed by atoms with van der Waals surface area (Å²) in [7, 11) is -0.540. The number of hydrogen-bond acceptors (Lipinski definition) is 4. The summed E-state index contributed by atoms with van der Waals surface area (Å²) < 4.78 is 31.7. The van der Waals surface area contributed by atoms with Crippen LogP contribution in [0.15, 0.2) is 41.8 Å². The lowest BCUT2D eigenvalue weighted by Crippen LogP contribution is -2.30. The van der Waals surface area contributed by atoms with Gasteiger partial charge in [-0.1, -0.05) is 31.7 Å². The average molecular weight is 328 g/mol. The van der Waals surface area contributed by atoms with E-state index in [2.05, 4.69) is 11.9 Å². The smallest absolute Gasteiger partial charge is 0.294 e. The van der Waals surface area contributed by atoms with Gasteiger partial charge in [-0.25, -0.2) is 0 Å².